The average molecular weight is 370 g/mol. The number of hydrogen-bond acceptors (Lipinski definition) is 5. The Morgan fingerprint density at radius 1 is 1.15 bits per heavy atom. The SMILES string of the molecule is COc1ccc(NC(=O)C2CCCO2)cc1NC(=O)COc1ccccc1. The summed E-state index contributed by atoms with van der Waals surface area (Å²) in [6.45, 7) is 0.461. The van der Waals surface area contributed by atoms with Gasteiger partial charge in [0.15, 0.2) is 6.61 Å². The highest BCUT2D eigenvalue weighted by Crippen LogP contribution is 2.28. The number of ether oxygens (including phenoxy) is 3. The molecule has 0 spiro atoms. The van der Waals surface area contributed by atoms with Gasteiger partial charge in [0.05, 0.1) is 12.8 Å². The zero-order chi connectivity index (χ0) is 19.1. The highest BCUT2D eigenvalue weighted by molar-refractivity contribution is 5.97. The molecule has 1 fully saturated rings. The zero-order valence-electron chi connectivity index (χ0n) is 15.1. The third-order valence-corrected chi connectivity index (χ3v) is 4.08. The van der Waals surface area contributed by atoms with Crippen LogP contribution >= 0.6 is 0 Å². The minimum absolute atomic E-state index is 0.139. The van der Waals surface area contributed by atoms with Crippen LogP contribution in [0.25, 0.3) is 0 Å². The second kappa shape index (κ2) is 9.05. The number of carbonyl (C=O) groups excluding carboxylic acids is 2. The zero-order valence-corrected chi connectivity index (χ0v) is 15.1. The molecule has 7 heteroatoms. The molecule has 2 amide bonds. The average Bonchev–Trinajstić information content (AvgIpc) is 3.22. The van der Waals surface area contributed by atoms with E-state index in [0.717, 1.165) is 6.42 Å². The molecule has 27 heavy (non-hydrogen) atoms. The summed E-state index contributed by atoms with van der Waals surface area (Å²) in [6, 6.07) is 14.1. The van der Waals surface area contributed by atoms with Crippen LogP contribution in [0.4, 0.5) is 11.4 Å². The van der Waals surface area contributed by atoms with Gasteiger partial charge in [-0.25, -0.2) is 0 Å². The number of amides is 2. The highest BCUT2D eigenvalue weighted by atomic mass is 16.5. The van der Waals surface area contributed by atoms with Crippen LogP contribution in [0.15, 0.2) is 48.5 Å². The van der Waals surface area contributed by atoms with E-state index < -0.39 is 6.10 Å². The Balaban J connectivity index is 1.62. The minimum Gasteiger partial charge on any atom is -0.495 e. The van der Waals surface area contributed by atoms with E-state index in [1.165, 1.54) is 7.11 Å². The minimum atomic E-state index is -0.426. The molecule has 0 saturated carbocycles. The van der Waals surface area contributed by atoms with E-state index in [9.17, 15) is 9.59 Å². The van der Waals surface area contributed by atoms with Crippen molar-refractivity contribution in [2.24, 2.45) is 0 Å². The van der Waals surface area contributed by atoms with E-state index in [0.29, 0.717) is 35.9 Å². The van der Waals surface area contributed by atoms with Crippen LogP contribution in [0, 0.1) is 0 Å². The third-order valence-electron chi connectivity index (χ3n) is 4.08. The Kier molecular flexibility index (Phi) is 6.27. The molecule has 1 aliphatic heterocycles. The lowest BCUT2D eigenvalue weighted by molar-refractivity contribution is -0.124. The van der Waals surface area contributed by atoms with E-state index in [2.05, 4.69) is 10.6 Å². The van der Waals surface area contributed by atoms with Crippen molar-refractivity contribution >= 4 is 23.2 Å². The van der Waals surface area contributed by atoms with E-state index >= 15 is 0 Å². The number of methoxy groups -OCH3 is 1. The van der Waals surface area contributed by atoms with Crippen molar-refractivity contribution in [3.63, 3.8) is 0 Å². The Hall–Kier alpha value is -3.06. The number of nitrogens with one attached hydrogen (secondary N) is 2. The monoisotopic (exact) mass is 370 g/mol. The number of benzene rings is 2. The molecule has 1 unspecified atom stereocenters. The Bertz CT molecular complexity index is 788. The molecule has 1 atom stereocenters. The molecule has 1 heterocycles. The van der Waals surface area contributed by atoms with Gasteiger partial charge in [-0.2, -0.15) is 0 Å². The van der Waals surface area contributed by atoms with Crippen LogP contribution in [0.5, 0.6) is 11.5 Å². The molecule has 0 radical (unpaired) electrons. The topological polar surface area (TPSA) is 85.9 Å². The van der Waals surface area contributed by atoms with Crippen molar-refractivity contribution in [2.45, 2.75) is 18.9 Å². The molecule has 2 aromatic rings. The van der Waals surface area contributed by atoms with Crippen LogP contribution in [0.2, 0.25) is 0 Å². The predicted molar refractivity (Wildman–Crippen MR) is 101 cm³/mol. The number of hydrogen-bond donors (Lipinski definition) is 2. The van der Waals surface area contributed by atoms with Gasteiger partial charge in [-0.05, 0) is 43.2 Å². The van der Waals surface area contributed by atoms with Gasteiger partial charge >= 0.3 is 0 Å². The molecule has 7 nitrogen and oxygen atoms in total. The second-order valence-electron chi connectivity index (χ2n) is 6.06. The lowest BCUT2D eigenvalue weighted by Crippen LogP contribution is -2.27. The summed E-state index contributed by atoms with van der Waals surface area (Å²) in [5.41, 5.74) is 1.000. The van der Waals surface area contributed by atoms with Crippen LogP contribution in [0.3, 0.4) is 0 Å². The summed E-state index contributed by atoms with van der Waals surface area (Å²) >= 11 is 0. The molecule has 0 aromatic heterocycles. The van der Waals surface area contributed by atoms with Gasteiger partial charge in [-0.15, -0.1) is 0 Å². The molecule has 142 valence electrons. The quantitative estimate of drug-likeness (QED) is 0.783. The molecule has 2 N–H and O–H groups in total. The van der Waals surface area contributed by atoms with Crippen molar-refractivity contribution in [1.82, 2.24) is 0 Å². The number of carbonyl (C=O) groups is 2. The lowest BCUT2D eigenvalue weighted by Gasteiger charge is -2.14. The van der Waals surface area contributed by atoms with Gasteiger partial charge in [0, 0.05) is 12.3 Å². The van der Waals surface area contributed by atoms with Crippen LogP contribution < -0.4 is 20.1 Å². The first-order chi connectivity index (χ1) is 13.2. The Labute approximate surface area is 157 Å². The van der Waals surface area contributed by atoms with Crippen molar-refractivity contribution < 1.29 is 23.8 Å². The normalized spacial score (nSPS) is 15.8. The molecule has 1 saturated heterocycles. The van der Waals surface area contributed by atoms with Gasteiger partial charge in [0.25, 0.3) is 11.8 Å². The lowest BCUT2D eigenvalue weighted by atomic mass is 10.2. The summed E-state index contributed by atoms with van der Waals surface area (Å²) in [5.74, 6) is 0.567. The molecule has 0 aliphatic carbocycles. The molecule has 1 aliphatic rings. The maximum Gasteiger partial charge on any atom is 0.262 e. The van der Waals surface area contributed by atoms with Crippen LogP contribution in [0.1, 0.15) is 12.8 Å². The van der Waals surface area contributed by atoms with Crippen molar-refractivity contribution in [3.05, 3.63) is 48.5 Å². The standard InChI is InChI=1S/C20H22N2O5/c1-25-17-10-9-14(21-20(24)18-8-5-11-26-18)12-16(17)22-19(23)13-27-15-6-3-2-4-7-15/h2-4,6-7,9-10,12,18H,5,8,11,13H2,1H3,(H,21,24)(H,22,23). The number of anilines is 2. The van der Waals surface area contributed by atoms with E-state index in [1.54, 1.807) is 30.3 Å². The first-order valence-electron chi connectivity index (χ1n) is 8.74. The maximum absolute atomic E-state index is 12.2. The van der Waals surface area contributed by atoms with Gasteiger partial charge in [0.2, 0.25) is 0 Å². The molecule has 2 aromatic carbocycles. The van der Waals surface area contributed by atoms with Gasteiger partial charge in [0.1, 0.15) is 17.6 Å². The van der Waals surface area contributed by atoms with Gasteiger partial charge in [-0.1, -0.05) is 18.2 Å². The van der Waals surface area contributed by atoms with Crippen LogP contribution in [-0.2, 0) is 14.3 Å². The number of para-hydroxylation sites is 1. The van der Waals surface area contributed by atoms with Crippen molar-refractivity contribution in [3.8, 4) is 11.5 Å². The molecular weight excluding hydrogens is 348 g/mol. The largest absolute Gasteiger partial charge is 0.495 e. The first kappa shape index (κ1) is 18.7. The molecule has 0 bridgehead atoms. The van der Waals surface area contributed by atoms with Gasteiger partial charge in [-0.3, -0.25) is 9.59 Å². The maximum atomic E-state index is 12.2. The van der Waals surface area contributed by atoms with Crippen molar-refractivity contribution in [2.75, 3.05) is 31.0 Å². The summed E-state index contributed by atoms with van der Waals surface area (Å²) < 4.78 is 16.1. The highest BCUT2D eigenvalue weighted by Gasteiger charge is 2.23. The molecule has 3 rings (SSSR count). The number of rotatable bonds is 7. The smallest absolute Gasteiger partial charge is 0.262 e. The summed E-state index contributed by atoms with van der Waals surface area (Å²) in [6.07, 6.45) is 1.16. The van der Waals surface area contributed by atoms with Crippen molar-refractivity contribution in [1.29, 1.82) is 0 Å². The summed E-state index contributed by atoms with van der Waals surface area (Å²) in [7, 11) is 1.51. The fourth-order valence-corrected chi connectivity index (χ4v) is 2.74. The summed E-state index contributed by atoms with van der Waals surface area (Å²) in [4.78, 5) is 24.4. The summed E-state index contributed by atoms with van der Waals surface area (Å²) in [5, 5.41) is 5.55. The van der Waals surface area contributed by atoms with Gasteiger partial charge < -0.3 is 24.8 Å². The van der Waals surface area contributed by atoms with E-state index in [1.807, 2.05) is 18.2 Å². The molecular formula is C20H22N2O5. The van der Waals surface area contributed by atoms with Crippen LogP contribution in [-0.4, -0.2) is 38.2 Å². The Morgan fingerprint density at radius 2 is 1.96 bits per heavy atom. The van der Waals surface area contributed by atoms with E-state index in [-0.39, 0.29) is 18.4 Å². The van der Waals surface area contributed by atoms with E-state index in [4.69, 9.17) is 14.2 Å². The Morgan fingerprint density at radius 3 is 2.67 bits per heavy atom. The predicted octanol–water partition coefficient (Wildman–Crippen LogP) is 2.83. The first-order valence-corrected chi connectivity index (χ1v) is 8.74. The fourth-order valence-electron chi connectivity index (χ4n) is 2.74. The second-order valence-corrected chi connectivity index (χ2v) is 6.06. The third kappa shape index (κ3) is 5.21. The fraction of sp³-hybridized carbons (Fsp3) is 0.300.